The summed E-state index contributed by atoms with van der Waals surface area (Å²) in [6.45, 7) is 1.56. The Morgan fingerprint density at radius 1 is 1.37 bits per heavy atom. The van der Waals surface area contributed by atoms with Gasteiger partial charge in [0.05, 0.1) is 25.2 Å². The van der Waals surface area contributed by atoms with Crippen LogP contribution in [0.3, 0.4) is 0 Å². The maximum Gasteiger partial charge on any atom is 0.317 e. The van der Waals surface area contributed by atoms with Crippen LogP contribution in [0.25, 0.3) is 0 Å². The number of hydrogen-bond donors (Lipinski definition) is 2. The highest BCUT2D eigenvalue weighted by molar-refractivity contribution is 5.76. The third-order valence-electron chi connectivity index (χ3n) is 3.12. The molecule has 7 nitrogen and oxygen atoms in total. The monoisotopic (exact) mass is 274 g/mol. The molecule has 0 spiro atoms. The van der Waals surface area contributed by atoms with Gasteiger partial charge in [-0.25, -0.2) is 4.79 Å². The molecular formula is C12H22N2O5. The van der Waals surface area contributed by atoms with E-state index in [2.05, 4.69) is 5.32 Å². The zero-order valence-electron chi connectivity index (χ0n) is 11.4. The third kappa shape index (κ3) is 5.04. The van der Waals surface area contributed by atoms with Crippen LogP contribution in [0.5, 0.6) is 0 Å². The van der Waals surface area contributed by atoms with Gasteiger partial charge in [-0.15, -0.1) is 0 Å². The van der Waals surface area contributed by atoms with Gasteiger partial charge < -0.3 is 24.8 Å². The first-order chi connectivity index (χ1) is 9.08. The number of carboxylic acid groups (broad SMARTS) is 1. The van der Waals surface area contributed by atoms with Crippen molar-refractivity contribution in [2.75, 3.05) is 40.5 Å². The Kier molecular flexibility index (Phi) is 6.58. The smallest absolute Gasteiger partial charge is 0.317 e. The molecule has 2 N–H and O–H groups in total. The maximum atomic E-state index is 12.0. The van der Waals surface area contributed by atoms with E-state index in [-0.39, 0.29) is 18.6 Å². The third-order valence-corrected chi connectivity index (χ3v) is 3.12. The van der Waals surface area contributed by atoms with Crippen molar-refractivity contribution >= 4 is 12.0 Å². The number of hydrogen-bond acceptors (Lipinski definition) is 4. The van der Waals surface area contributed by atoms with Crippen molar-refractivity contribution in [2.24, 2.45) is 5.92 Å². The molecule has 1 aliphatic rings. The van der Waals surface area contributed by atoms with E-state index in [0.717, 1.165) is 0 Å². The SMILES string of the molecule is COCC(COC)NC(=O)N1CCCC(C(=O)O)C1. The minimum absolute atomic E-state index is 0.229. The first-order valence-electron chi connectivity index (χ1n) is 6.34. The fourth-order valence-electron chi connectivity index (χ4n) is 2.16. The second-order valence-corrected chi connectivity index (χ2v) is 4.68. The largest absolute Gasteiger partial charge is 0.481 e. The van der Waals surface area contributed by atoms with Gasteiger partial charge in [-0.3, -0.25) is 4.79 Å². The van der Waals surface area contributed by atoms with Gasteiger partial charge in [0, 0.05) is 27.3 Å². The highest BCUT2D eigenvalue weighted by atomic mass is 16.5. The Hall–Kier alpha value is -1.34. The molecule has 0 bridgehead atoms. The summed E-state index contributed by atoms with van der Waals surface area (Å²) >= 11 is 0. The number of carbonyl (C=O) groups is 2. The predicted molar refractivity (Wildman–Crippen MR) is 68.0 cm³/mol. The molecule has 110 valence electrons. The fraction of sp³-hybridized carbons (Fsp3) is 0.833. The van der Waals surface area contributed by atoms with Crippen molar-refractivity contribution in [2.45, 2.75) is 18.9 Å². The second-order valence-electron chi connectivity index (χ2n) is 4.68. The van der Waals surface area contributed by atoms with Crippen molar-refractivity contribution in [3.63, 3.8) is 0 Å². The van der Waals surface area contributed by atoms with E-state index in [4.69, 9.17) is 14.6 Å². The van der Waals surface area contributed by atoms with Crippen LogP contribution in [0.1, 0.15) is 12.8 Å². The van der Waals surface area contributed by atoms with Gasteiger partial charge >= 0.3 is 12.0 Å². The number of ether oxygens (including phenoxy) is 2. The van der Waals surface area contributed by atoms with Gasteiger partial charge in [0.15, 0.2) is 0 Å². The normalized spacial score (nSPS) is 19.5. The Morgan fingerprint density at radius 3 is 2.53 bits per heavy atom. The average Bonchev–Trinajstić information content (AvgIpc) is 2.39. The molecule has 0 aliphatic carbocycles. The van der Waals surface area contributed by atoms with Crippen LogP contribution in [-0.4, -0.2) is 68.6 Å². The zero-order chi connectivity index (χ0) is 14.3. The number of carboxylic acids is 1. The summed E-state index contributed by atoms with van der Waals surface area (Å²) < 4.78 is 9.99. The molecule has 0 aromatic carbocycles. The Bertz CT molecular complexity index is 304. The standard InChI is InChI=1S/C12H22N2O5/c1-18-7-10(8-19-2)13-12(17)14-5-3-4-9(6-14)11(15)16/h9-10H,3-8H2,1-2H3,(H,13,17)(H,15,16). The van der Waals surface area contributed by atoms with E-state index in [1.807, 2.05) is 0 Å². The van der Waals surface area contributed by atoms with Crippen molar-refractivity contribution < 1.29 is 24.2 Å². The zero-order valence-corrected chi connectivity index (χ0v) is 11.4. The summed E-state index contributed by atoms with van der Waals surface area (Å²) in [4.78, 5) is 24.5. The van der Waals surface area contributed by atoms with Gasteiger partial charge in [-0.2, -0.15) is 0 Å². The van der Waals surface area contributed by atoms with Crippen molar-refractivity contribution in [3.05, 3.63) is 0 Å². The van der Waals surface area contributed by atoms with E-state index < -0.39 is 11.9 Å². The Labute approximate surface area is 112 Å². The lowest BCUT2D eigenvalue weighted by molar-refractivity contribution is -0.143. The van der Waals surface area contributed by atoms with Crippen LogP contribution in [0.2, 0.25) is 0 Å². The van der Waals surface area contributed by atoms with E-state index in [0.29, 0.717) is 32.6 Å². The number of piperidine rings is 1. The molecular weight excluding hydrogens is 252 g/mol. The van der Waals surface area contributed by atoms with Crippen LogP contribution in [0.15, 0.2) is 0 Å². The summed E-state index contributed by atoms with van der Waals surface area (Å²) in [6, 6.07) is -0.488. The fourth-order valence-corrected chi connectivity index (χ4v) is 2.16. The molecule has 7 heteroatoms. The molecule has 0 radical (unpaired) electrons. The van der Waals surface area contributed by atoms with Crippen molar-refractivity contribution in [1.29, 1.82) is 0 Å². The number of aliphatic carboxylic acids is 1. The molecule has 2 amide bonds. The number of nitrogens with zero attached hydrogens (tertiary/aromatic N) is 1. The molecule has 1 unspecified atom stereocenters. The summed E-state index contributed by atoms with van der Waals surface area (Å²) in [5.74, 6) is -1.31. The first-order valence-corrected chi connectivity index (χ1v) is 6.34. The number of carbonyl (C=O) groups excluding carboxylic acids is 1. The lowest BCUT2D eigenvalue weighted by Crippen LogP contribution is -2.51. The van der Waals surface area contributed by atoms with Gasteiger partial charge in [-0.05, 0) is 12.8 Å². The lowest BCUT2D eigenvalue weighted by Gasteiger charge is -2.32. The minimum atomic E-state index is -0.845. The highest BCUT2D eigenvalue weighted by Gasteiger charge is 2.28. The van der Waals surface area contributed by atoms with Crippen LogP contribution in [0.4, 0.5) is 4.79 Å². The molecule has 19 heavy (non-hydrogen) atoms. The quantitative estimate of drug-likeness (QED) is 0.720. The molecule has 0 aromatic rings. The number of methoxy groups -OCH3 is 2. The first kappa shape index (κ1) is 15.7. The second kappa shape index (κ2) is 7.96. The topological polar surface area (TPSA) is 88.1 Å². The molecule has 0 saturated carbocycles. The predicted octanol–water partition coefficient (Wildman–Crippen LogP) is 0.154. The summed E-state index contributed by atoms with van der Waals surface area (Å²) in [6.07, 6.45) is 1.34. The van der Waals surface area contributed by atoms with Gasteiger partial charge in [-0.1, -0.05) is 0 Å². The number of nitrogens with one attached hydrogen (secondary N) is 1. The molecule has 1 saturated heterocycles. The molecule has 1 rings (SSSR count). The average molecular weight is 274 g/mol. The maximum absolute atomic E-state index is 12.0. The van der Waals surface area contributed by atoms with E-state index in [9.17, 15) is 9.59 Å². The number of urea groups is 1. The molecule has 1 fully saturated rings. The van der Waals surface area contributed by atoms with E-state index in [1.165, 1.54) is 0 Å². The van der Waals surface area contributed by atoms with Crippen molar-refractivity contribution in [3.8, 4) is 0 Å². The molecule has 1 aliphatic heterocycles. The number of amides is 2. The van der Waals surface area contributed by atoms with Gasteiger partial charge in [0.2, 0.25) is 0 Å². The number of likely N-dealkylation sites (tertiary alicyclic amines) is 1. The van der Waals surface area contributed by atoms with Crippen LogP contribution in [0, 0.1) is 5.92 Å². The van der Waals surface area contributed by atoms with Crippen LogP contribution < -0.4 is 5.32 Å². The van der Waals surface area contributed by atoms with Gasteiger partial charge in [0.1, 0.15) is 0 Å². The highest BCUT2D eigenvalue weighted by Crippen LogP contribution is 2.16. The Morgan fingerprint density at radius 2 is 2.00 bits per heavy atom. The Balaban J connectivity index is 2.49. The summed E-state index contributed by atoms with van der Waals surface area (Å²) in [5, 5.41) is 11.8. The summed E-state index contributed by atoms with van der Waals surface area (Å²) in [7, 11) is 3.10. The lowest BCUT2D eigenvalue weighted by atomic mass is 9.99. The van der Waals surface area contributed by atoms with Crippen molar-refractivity contribution in [1.82, 2.24) is 10.2 Å². The number of rotatable bonds is 6. The van der Waals surface area contributed by atoms with E-state index >= 15 is 0 Å². The van der Waals surface area contributed by atoms with Crippen LogP contribution >= 0.6 is 0 Å². The molecule has 0 aromatic heterocycles. The van der Waals surface area contributed by atoms with Gasteiger partial charge in [0.25, 0.3) is 0 Å². The molecule has 1 atom stereocenters. The summed E-state index contributed by atoms with van der Waals surface area (Å²) in [5.41, 5.74) is 0. The minimum Gasteiger partial charge on any atom is -0.481 e. The molecule has 1 heterocycles. The van der Waals surface area contributed by atoms with E-state index in [1.54, 1.807) is 19.1 Å². The van der Waals surface area contributed by atoms with Crippen LogP contribution in [-0.2, 0) is 14.3 Å².